The molecule has 0 amide bonds. The van der Waals surface area contributed by atoms with E-state index in [0.717, 1.165) is 57.8 Å². The van der Waals surface area contributed by atoms with Crippen LogP contribution < -0.4 is 0 Å². The first kappa shape index (κ1) is 55.9. The summed E-state index contributed by atoms with van der Waals surface area (Å²) in [4.78, 5) is 25.4. The zero-order chi connectivity index (χ0) is 43.7. The van der Waals surface area contributed by atoms with E-state index in [-0.39, 0.29) is 26.1 Å². The summed E-state index contributed by atoms with van der Waals surface area (Å²) in [5.74, 6) is -0.824. The van der Waals surface area contributed by atoms with Crippen molar-refractivity contribution in [1.29, 1.82) is 0 Å². The maximum Gasteiger partial charge on any atom is 0.306 e. The predicted octanol–water partition coefficient (Wildman–Crippen LogP) is 11.1. The number of unbranched alkanes of at least 4 members (excludes halogenated alkanes) is 24. The molecule has 10 nitrogen and oxygen atoms in total. The molecule has 0 saturated carbocycles. The lowest BCUT2D eigenvalue weighted by molar-refractivity contribution is -0.305. The average Bonchev–Trinajstić information content (AvgIpc) is 3.25. The molecule has 0 spiro atoms. The second-order valence-electron chi connectivity index (χ2n) is 16.9. The maximum absolute atomic E-state index is 12.8. The lowest BCUT2D eigenvalue weighted by Crippen LogP contribution is -2.59. The van der Waals surface area contributed by atoms with Crippen molar-refractivity contribution >= 4 is 11.9 Å². The molecular weight excluding hydrogens is 761 g/mol. The summed E-state index contributed by atoms with van der Waals surface area (Å²) in [6.07, 6.45) is 40.0. The molecule has 6 atom stereocenters. The van der Waals surface area contributed by atoms with Gasteiger partial charge in [0.25, 0.3) is 0 Å². The Hall–Kier alpha value is -2.08. The van der Waals surface area contributed by atoms with Gasteiger partial charge < -0.3 is 39.4 Å². The summed E-state index contributed by atoms with van der Waals surface area (Å²) in [6.45, 7) is 3.40. The summed E-state index contributed by atoms with van der Waals surface area (Å²) >= 11 is 0. The highest BCUT2D eigenvalue weighted by Crippen LogP contribution is 2.23. The number of carbonyl (C=O) groups is 2. The SMILES string of the molecule is CCCCC/C=C/C/C=C/C/C=C/CCCCCCC(=O)OC[C@H](CO[C@@H]1O[C@H](CO)[C@H](O)C(O)C1O)OC(=O)CCCCCCCCCCCCCCCCCCCC. The summed E-state index contributed by atoms with van der Waals surface area (Å²) in [7, 11) is 0. The molecule has 0 aliphatic carbocycles. The molecule has 1 heterocycles. The molecule has 2 unspecified atom stereocenters. The van der Waals surface area contributed by atoms with Gasteiger partial charge in [0.2, 0.25) is 0 Å². The van der Waals surface area contributed by atoms with Crippen molar-refractivity contribution in [2.24, 2.45) is 0 Å². The number of aliphatic hydroxyl groups excluding tert-OH is 4. The van der Waals surface area contributed by atoms with E-state index in [1.807, 2.05) is 0 Å². The summed E-state index contributed by atoms with van der Waals surface area (Å²) in [5, 5.41) is 40.1. The first-order valence-electron chi connectivity index (χ1n) is 24.6. The number of ether oxygens (including phenoxy) is 4. The number of hydrogen-bond acceptors (Lipinski definition) is 10. The molecule has 1 aliphatic rings. The minimum Gasteiger partial charge on any atom is -0.462 e. The second-order valence-corrected chi connectivity index (χ2v) is 16.9. The van der Waals surface area contributed by atoms with E-state index in [0.29, 0.717) is 12.8 Å². The summed E-state index contributed by atoms with van der Waals surface area (Å²) in [6, 6.07) is 0. The van der Waals surface area contributed by atoms with Crippen LogP contribution in [0, 0.1) is 0 Å². The highest BCUT2D eigenvalue weighted by Gasteiger charge is 2.44. The van der Waals surface area contributed by atoms with Gasteiger partial charge >= 0.3 is 11.9 Å². The Morgan fingerprint density at radius 1 is 0.517 bits per heavy atom. The van der Waals surface area contributed by atoms with Gasteiger partial charge in [-0.25, -0.2) is 0 Å². The normalized spacial score (nSPS) is 20.1. The van der Waals surface area contributed by atoms with E-state index in [2.05, 4.69) is 50.3 Å². The third-order valence-electron chi connectivity index (χ3n) is 11.3. The molecule has 0 aromatic rings. The molecule has 1 rings (SSSR count). The number of rotatable bonds is 41. The van der Waals surface area contributed by atoms with Gasteiger partial charge in [-0.3, -0.25) is 9.59 Å². The van der Waals surface area contributed by atoms with Gasteiger partial charge in [-0.2, -0.15) is 0 Å². The first-order chi connectivity index (χ1) is 29.3. The monoisotopic (exact) mass is 851 g/mol. The van der Waals surface area contributed by atoms with Crippen LogP contribution in [-0.2, 0) is 28.5 Å². The van der Waals surface area contributed by atoms with E-state index < -0.39 is 55.4 Å². The number of aliphatic hydroxyl groups is 4. The number of esters is 2. The molecule has 1 saturated heterocycles. The molecule has 4 N–H and O–H groups in total. The Labute approximate surface area is 366 Å². The molecule has 0 radical (unpaired) electrons. The Morgan fingerprint density at radius 3 is 1.43 bits per heavy atom. The molecular formula is C50H90O10. The lowest BCUT2D eigenvalue weighted by Gasteiger charge is -2.39. The molecule has 1 fully saturated rings. The Balaban J connectivity index is 2.30. The molecule has 60 heavy (non-hydrogen) atoms. The highest BCUT2D eigenvalue weighted by molar-refractivity contribution is 5.70. The third-order valence-corrected chi connectivity index (χ3v) is 11.3. The van der Waals surface area contributed by atoms with Crippen molar-refractivity contribution in [3.05, 3.63) is 36.5 Å². The van der Waals surface area contributed by atoms with Crippen LogP contribution in [0.25, 0.3) is 0 Å². The highest BCUT2D eigenvalue weighted by atomic mass is 16.7. The third kappa shape index (κ3) is 31.7. The Morgan fingerprint density at radius 2 is 0.933 bits per heavy atom. The predicted molar refractivity (Wildman–Crippen MR) is 242 cm³/mol. The average molecular weight is 851 g/mol. The fourth-order valence-electron chi connectivity index (χ4n) is 7.37. The fourth-order valence-corrected chi connectivity index (χ4v) is 7.37. The smallest absolute Gasteiger partial charge is 0.306 e. The van der Waals surface area contributed by atoms with Crippen molar-refractivity contribution in [3.8, 4) is 0 Å². The van der Waals surface area contributed by atoms with Crippen LogP contribution in [-0.4, -0.2) is 89.0 Å². The zero-order valence-corrected chi connectivity index (χ0v) is 38.2. The summed E-state index contributed by atoms with van der Waals surface area (Å²) in [5.41, 5.74) is 0. The molecule has 10 heteroatoms. The van der Waals surface area contributed by atoms with E-state index in [1.54, 1.807) is 0 Å². The van der Waals surface area contributed by atoms with Crippen molar-refractivity contribution in [2.75, 3.05) is 19.8 Å². The maximum atomic E-state index is 12.8. The van der Waals surface area contributed by atoms with E-state index in [4.69, 9.17) is 18.9 Å². The number of hydrogen-bond donors (Lipinski definition) is 4. The van der Waals surface area contributed by atoms with Crippen molar-refractivity contribution in [3.63, 3.8) is 0 Å². The molecule has 0 aromatic heterocycles. The Kier molecular flexibility index (Phi) is 38.2. The minimum absolute atomic E-state index is 0.227. The standard InChI is InChI=1S/C50H90O10/c1-3-5-7-9-11-13-15-17-19-21-23-25-27-29-31-33-35-37-39-46(53)59-43(42-58-50-49(56)48(55)47(54)44(40-51)60-50)41-57-45(52)38-36-34-32-30-28-26-24-22-20-18-16-14-12-10-8-6-4-2/h12,14,18,20,24,26,43-44,47-51,54-56H,3-11,13,15-17,19,21-23,25,27-42H2,1-2H3/b14-12+,20-18+,26-24+/t43-,44-,47+,48?,49?,50-/m1/s1. The van der Waals surface area contributed by atoms with Crippen molar-refractivity contribution in [1.82, 2.24) is 0 Å². The van der Waals surface area contributed by atoms with E-state index in [9.17, 15) is 30.0 Å². The quantitative estimate of drug-likeness (QED) is 0.0266. The largest absolute Gasteiger partial charge is 0.462 e. The van der Waals surface area contributed by atoms with Crippen molar-refractivity contribution in [2.45, 2.75) is 250 Å². The lowest BCUT2D eigenvalue weighted by atomic mass is 9.99. The van der Waals surface area contributed by atoms with Crippen LogP contribution >= 0.6 is 0 Å². The van der Waals surface area contributed by atoms with Crippen LogP contribution in [0.3, 0.4) is 0 Å². The van der Waals surface area contributed by atoms with Gasteiger partial charge in [-0.15, -0.1) is 0 Å². The Bertz CT molecular complexity index is 1080. The fraction of sp³-hybridized carbons (Fsp3) is 0.840. The van der Waals surface area contributed by atoms with Gasteiger partial charge in [0.15, 0.2) is 12.4 Å². The van der Waals surface area contributed by atoms with Gasteiger partial charge in [0.1, 0.15) is 31.0 Å². The van der Waals surface area contributed by atoms with E-state index >= 15 is 0 Å². The molecule has 0 aromatic carbocycles. The molecule has 350 valence electrons. The molecule has 0 bridgehead atoms. The second kappa shape index (κ2) is 41.0. The van der Waals surface area contributed by atoms with Crippen LogP contribution in [0.15, 0.2) is 36.5 Å². The van der Waals surface area contributed by atoms with Gasteiger partial charge in [-0.1, -0.05) is 185 Å². The number of allylic oxidation sites excluding steroid dienone is 6. The number of carbonyl (C=O) groups excluding carboxylic acids is 2. The molecule has 1 aliphatic heterocycles. The van der Waals surface area contributed by atoms with Crippen LogP contribution in [0.1, 0.15) is 213 Å². The first-order valence-corrected chi connectivity index (χ1v) is 24.6. The van der Waals surface area contributed by atoms with E-state index in [1.165, 1.54) is 116 Å². The van der Waals surface area contributed by atoms with Gasteiger partial charge in [0.05, 0.1) is 13.2 Å². The van der Waals surface area contributed by atoms with Gasteiger partial charge in [-0.05, 0) is 51.4 Å². The van der Waals surface area contributed by atoms with Crippen molar-refractivity contribution < 1.29 is 49.0 Å². The van der Waals surface area contributed by atoms with Crippen LogP contribution in [0.5, 0.6) is 0 Å². The minimum atomic E-state index is -1.60. The van der Waals surface area contributed by atoms with Crippen LogP contribution in [0.2, 0.25) is 0 Å². The van der Waals surface area contributed by atoms with Gasteiger partial charge in [0, 0.05) is 12.8 Å². The van der Waals surface area contributed by atoms with Crippen LogP contribution in [0.4, 0.5) is 0 Å². The zero-order valence-electron chi connectivity index (χ0n) is 38.2. The topological polar surface area (TPSA) is 152 Å². The summed E-state index contributed by atoms with van der Waals surface area (Å²) < 4.78 is 22.2.